The fraction of sp³-hybridized carbons (Fsp3) is 0.455. The normalized spacial score (nSPS) is 15.2. The van der Waals surface area contributed by atoms with Crippen molar-refractivity contribution >= 4 is 33.4 Å². The fourth-order valence-corrected chi connectivity index (χ4v) is 3.36. The van der Waals surface area contributed by atoms with Gasteiger partial charge >= 0.3 is 0 Å². The molecule has 1 heterocycles. The molecule has 0 radical (unpaired) electrons. The van der Waals surface area contributed by atoms with Crippen LogP contribution in [-0.2, 0) is 0 Å². The zero-order chi connectivity index (χ0) is 10.7. The summed E-state index contributed by atoms with van der Waals surface area (Å²) in [5.74, 6) is 1.17. The average Bonchev–Trinajstić information content (AvgIpc) is 2.25. The number of anilines is 1. The SMILES string of the molecule is NCCCN1CCSc2cc(Br)ccc21. The van der Waals surface area contributed by atoms with E-state index < -0.39 is 0 Å². The molecule has 0 unspecified atom stereocenters. The first-order chi connectivity index (χ1) is 7.31. The minimum absolute atomic E-state index is 0.773. The van der Waals surface area contributed by atoms with E-state index in [1.807, 2.05) is 11.8 Å². The summed E-state index contributed by atoms with van der Waals surface area (Å²) in [6, 6.07) is 6.51. The Bertz CT molecular complexity index is 343. The predicted octanol–water partition coefficient (Wildman–Crippen LogP) is 2.71. The molecular weight excluding hydrogens is 272 g/mol. The number of benzene rings is 1. The lowest BCUT2D eigenvalue weighted by Crippen LogP contribution is -2.31. The van der Waals surface area contributed by atoms with Gasteiger partial charge in [0.1, 0.15) is 0 Å². The number of hydrogen-bond acceptors (Lipinski definition) is 3. The summed E-state index contributed by atoms with van der Waals surface area (Å²) in [6.07, 6.45) is 1.07. The number of thioether (sulfide) groups is 1. The van der Waals surface area contributed by atoms with Gasteiger partial charge in [-0.2, -0.15) is 0 Å². The smallest absolute Gasteiger partial charge is 0.0505 e. The minimum atomic E-state index is 0.773. The highest BCUT2D eigenvalue weighted by molar-refractivity contribution is 9.10. The standard InChI is InChI=1S/C11H15BrN2S/c12-9-2-3-10-11(8-9)15-7-6-14(10)5-1-4-13/h2-3,8H,1,4-7,13H2. The summed E-state index contributed by atoms with van der Waals surface area (Å²) in [6.45, 7) is 2.99. The van der Waals surface area contributed by atoms with Gasteiger partial charge in [-0.1, -0.05) is 15.9 Å². The average molecular weight is 287 g/mol. The number of hydrogen-bond donors (Lipinski definition) is 1. The van der Waals surface area contributed by atoms with Gasteiger partial charge in [0.25, 0.3) is 0 Å². The molecule has 1 aliphatic heterocycles. The van der Waals surface area contributed by atoms with E-state index >= 15 is 0 Å². The van der Waals surface area contributed by atoms with E-state index in [4.69, 9.17) is 5.73 Å². The van der Waals surface area contributed by atoms with Crippen molar-refractivity contribution < 1.29 is 0 Å². The van der Waals surface area contributed by atoms with Crippen molar-refractivity contribution in [3.8, 4) is 0 Å². The number of nitrogens with two attached hydrogens (primary N) is 1. The van der Waals surface area contributed by atoms with Gasteiger partial charge in [-0.15, -0.1) is 11.8 Å². The number of rotatable bonds is 3. The van der Waals surface area contributed by atoms with Crippen LogP contribution < -0.4 is 10.6 Å². The Kier molecular flexibility index (Phi) is 3.94. The summed E-state index contributed by atoms with van der Waals surface area (Å²) in [7, 11) is 0. The summed E-state index contributed by atoms with van der Waals surface area (Å²) in [5, 5.41) is 0. The van der Waals surface area contributed by atoms with E-state index in [9.17, 15) is 0 Å². The second-order valence-electron chi connectivity index (χ2n) is 3.59. The fourth-order valence-electron chi connectivity index (χ4n) is 1.77. The first-order valence-corrected chi connectivity index (χ1v) is 6.96. The highest BCUT2D eigenvalue weighted by atomic mass is 79.9. The maximum atomic E-state index is 5.55. The molecular formula is C11H15BrN2S. The first-order valence-electron chi connectivity index (χ1n) is 5.18. The van der Waals surface area contributed by atoms with E-state index in [1.54, 1.807) is 0 Å². The monoisotopic (exact) mass is 286 g/mol. The number of nitrogens with zero attached hydrogens (tertiary/aromatic N) is 1. The number of fused-ring (bicyclic) bond motifs is 1. The van der Waals surface area contributed by atoms with Crippen molar-refractivity contribution in [3.05, 3.63) is 22.7 Å². The lowest BCUT2D eigenvalue weighted by Gasteiger charge is -2.30. The van der Waals surface area contributed by atoms with Crippen molar-refractivity contribution in [2.45, 2.75) is 11.3 Å². The van der Waals surface area contributed by atoms with Crippen LogP contribution in [0.4, 0.5) is 5.69 Å². The van der Waals surface area contributed by atoms with E-state index in [2.05, 4.69) is 39.0 Å². The van der Waals surface area contributed by atoms with Gasteiger partial charge in [0.2, 0.25) is 0 Å². The molecule has 1 aromatic carbocycles. The van der Waals surface area contributed by atoms with Crippen LogP contribution in [0.5, 0.6) is 0 Å². The maximum Gasteiger partial charge on any atom is 0.0505 e. The minimum Gasteiger partial charge on any atom is -0.370 e. The molecule has 1 aliphatic rings. The Balaban J connectivity index is 2.18. The van der Waals surface area contributed by atoms with Crippen LogP contribution in [0.2, 0.25) is 0 Å². The molecule has 1 aromatic rings. The molecule has 0 amide bonds. The lowest BCUT2D eigenvalue weighted by atomic mass is 10.2. The highest BCUT2D eigenvalue weighted by Gasteiger charge is 2.16. The van der Waals surface area contributed by atoms with Crippen LogP contribution in [0.3, 0.4) is 0 Å². The molecule has 0 fully saturated rings. The molecule has 82 valence electrons. The van der Waals surface area contributed by atoms with E-state index in [1.165, 1.54) is 16.3 Å². The second-order valence-corrected chi connectivity index (χ2v) is 5.64. The van der Waals surface area contributed by atoms with Gasteiger partial charge in [0.15, 0.2) is 0 Å². The van der Waals surface area contributed by atoms with Gasteiger partial charge in [-0.25, -0.2) is 0 Å². The van der Waals surface area contributed by atoms with Crippen molar-refractivity contribution in [1.29, 1.82) is 0 Å². The third-order valence-electron chi connectivity index (χ3n) is 2.51. The van der Waals surface area contributed by atoms with Gasteiger partial charge < -0.3 is 10.6 Å². The van der Waals surface area contributed by atoms with E-state index in [0.717, 1.165) is 30.5 Å². The van der Waals surface area contributed by atoms with Crippen molar-refractivity contribution in [2.75, 3.05) is 30.3 Å². The third kappa shape index (κ3) is 2.68. The zero-order valence-corrected chi connectivity index (χ0v) is 11.0. The molecule has 2 nitrogen and oxygen atoms in total. The van der Waals surface area contributed by atoms with Gasteiger partial charge in [0, 0.05) is 28.2 Å². The predicted molar refractivity (Wildman–Crippen MR) is 70.8 cm³/mol. The molecule has 2 N–H and O–H groups in total. The summed E-state index contributed by atoms with van der Waals surface area (Å²) in [5.41, 5.74) is 6.91. The van der Waals surface area contributed by atoms with Crippen LogP contribution in [0.15, 0.2) is 27.6 Å². The molecule has 15 heavy (non-hydrogen) atoms. The molecule has 0 aromatic heterocycles. The van der Waals surface area contributed by atoms with Crippen LogP contribution in [-0.4, -0.2) is 25.4 Å². The van der Waals surface area contributed by atoms with Crippen molar-refractivity contribution in [2.24, 2.45) is 5.73 Å². The molecule has 0 spiro atoms. The first kappa shape index (κ1) is 11.3. The molecule has 0 atom stereocenters. The van der Waals surface area contributed by atoms with Gasteiger partial charge in [0.05, 0.1) is 5.69 Å². The van der Waals surface area contributed by atoms with Gasteiger partial charge in [-0.05, 0) is 31.2 Å². The summed E-state index contributed by atoms with van der Waals surface area (Å²) >= 11 is 5.45. The lowest BCUT2D eigenvalue weighted by molar-refractivity contribution is 0.747. The largest absolute Gasteiger partial charge is 0.370 e. The Morgan fingerprint density at radius 1 is 1.47 bits per heavy atom. The molecule has 2 rings (SSSR count). The third-order valence-corrected chi connectivity index (χ3v) is 4.03. The Labute approximate surface area is 103 Å². The van der Waals surface area contributed by atoms with Crippen LogP contribution >= 0.6 is 27.7 Å². The Hall–Kier alpha value is -0.190. The molecule has 0 bridgehead atoms. The van der Waals surface area contributed by atoms with Gasteiger partial charge in [-0.3, -0.25) is 0 Å². The van der Waals surface area contributed by atoms with E-state index in [-0.39, 0.29) is 0 Å². The van der Waals surface area contributed by atoms with Crippen molar-refractivity contribution in [3.63, 3.8) is 0 Å². The topological polar surface area (TPSA) is 29.3 Å². The molecule has 0 aliphatic carbocycles. The maximum absolute atomic E-state index is 5.55. The summed E-state index contributed by atoms with van der Waals surface area (Å²) < 4.78 is 1.16. The zero-order valence-electron chi connectivity index (χ0n) is 8.58. The van der Waals surface area contributed by atoms with E-state index in [0.29, 0.717) is 0 Å². The molecule has 4 heteroatoms. The van der Waals surface area contributed by atoms with Crippen LogP contribution in [0.1, 0.15) is 6.42 Å². The summed E-state index contributed by atoms with van der Waals surface area (Å²) in [4.78, 5) is 3.82. The highest BCUT2D eigenvalue weighted by Crippen LogP contribution is 2.36. The number of halogens is 1. The van der Waals surface area contributed by atoms with Crippen molar-refractivity contribution in [1.82, 2.24) is 0 Å². The van der Waals surface area contributed by atoms with Crippen LogP contribution in [0, 0.1) is 0 Å². The molecule has 0 saturated carbocycles. The van der Waals surface area contributed by atoms with Crippen LogP contribution in [0.25, 0.3) is 0 Å². The molecule has 0 saturated heterocycles. The Morgan fingerprint density at radius 3 is 3.13 bits per heavy atom. The quantitative estimate of drug-likeness (QED) is 0.927. The second kappa shape index (κ2) is 5.23. The Morgan fingerprint density at radius 2 is 2.33 bits per heavy atom.